The molecule has 3 rings (SSSR count). The van der Waals surface area contributed by atoms with Gasteiger partial charge in [-0.15, -0.1) is 0 Å². The van der Waals surface area contributed by atoms with E-state index in [1.165, 1.54) is 4.90 Å². The second kappa shape index (κ2) is 7.45. The van der Waals surface area contributed by atoms with Crippen molar-refractivity contribution in [2.45, 2.75) is 31.3 Å². The predicted octanol–water partition coefficient (Wildman–Crippen LogP) is 0.0285. The number of esters is 1. The van der Waals surface area contributed by atoms with E-state index in [-0.39, 0.29) is 23.8 Å². The van der Waals surface area contributed by atoms with E-state index in [1.807, 2.05) is 0 Å². The molecule has 2 atom stereocenters. The molecule has 2 aliphatic heterocycles. The minimum Gasteiger partial charge on any atom is -0.454 e. The fourth-order valence-electron chi connectivity index (χ4n) is 3.22. The fraction of sp³-hybridized carbons (Fsp3) is 0.471. The maximum atomic E-state index is 12.7. The summed E-state index contributed by atoms with van der Waals surface area (Å²) in [6.07, 6.45) is 0.939. The summed E-state index contributed by atoms with van der Waals surface area (Å²) in [5.74, 6) is -1.45. The second-order valence-electron chi connectivity index (χ2n) is 6.42. The van der Waals surface area contributed by atoms with Crippen LogP contribution < -0.4 is 10.2 Å². The van der Waals surface area contributed by atoms with Crippen LogP contribution in [0.25, 0.3) is 0 Å². The molecular formula is C17H20N2O6S. The number of hydrogen-bond acceptors (Lipinski definition) is 6. The van der Waals surface area contributed by atoms with Gasteiger partial charge >= 0.3 is 5.97 Å². The van der Waals surface area contributed by atoms with Gasteiger partial charge in [-0.1, -0.05) is 18.2 Å². The zero-order chi connectivity index (χ0) is 18.7. The Morgan fingerprint density at radius 2 is 1.92 bits per heavy atom. The highest BCUT2D eigenvalue weighted by Gasteiger charge is 2.36. The number of anilines is 1. The first-order valence-electron chi connectivity index (χ1n) is 8.39. The standard InChI is InChI=1S/C17H20N2O6S/c20-15-7-6-14(18-15)17(22)25-10-16(21)19(12-4-2-1-3-5-12)13-8-9-26(23,24)11-13/h1-5,13-14H,6-11H2,(H,18,20)/t13-,14-/m1/s1. The van der Waals surface area contributed by atoms with E-state index < -0.39 is 40.4 Å². The van der Waals surface area contributed by atoms with Crippen molar-refractivity contribution < 1.29 is 27.5 Å². The molecule has 0 bridgehead atoms. The highest BCUT2D eigenvalue weighted by molar-refractivity contribution is 7.91. The Hall–Kier alpha value is -2.42. The Kier molecular flexibility index (Phi) is 5.26. The molecule has 140 valence electrons. The number of para-hydroxylation sites is 1. The fourth-order valence-corrected chi connectivity index (χ4v) is 4.92. The molecule has 2 amide bonds. The molecule has 2 fully saturated rings. The van der Waals surface area contributed by atoms with Crippen molar-refractivity contribution in [2.75, 3.05) is 23.0 Å². The van der Waals surface area contributed by atoms with Gasteiger partial charge in [0.1, 0.15) is 6.04 Å². The number of hydrogen-bond donors (Lipinski definition) is 1. The summed E-state index contributed by atoms with van der Waals surface area (Å²) in [4.78, 5) is 37.2. The molecule has 0 spiro atoms. The van der Waals surface area contributed by atoms with Crippen molar-refractivity contribution in [3.8, 4) is 0 Å². The van der Waals surface area contributed by atoms with Gasteiger partial charge in [0.25, 0.3) is 5.91 Å². The molecule has 0 saturated carbocycles. The van der Waals surface area contributed by atoms with Crippen LogP contribution in [0.15, 0.2) is 30.3 Å². The quantitative estimate of drug-likeness (QED) is 0.722. The van der Waals surface area contributed by atoms with Crippen LogP contribution in [0.1, 0.15) is 19.3 Å². The molecule has 9 heteroatoms. The molecule has 0 unspecified atom stereocenters. The van der Waals surface area contributed by atoms with E-state index in [0.717, 1.165) is 0 Å². The summed E-state index contributed by atoms with van der Waals surface area (Å²) in [5, 5.41) is 2.49. The Bertz CT molecular complexity index is 808. The normalized spacial score (nSPS) is 24.1. The van der Waals surface area contributed by atoms with Gasteiger partial charge in [0.15, 0.2) is 16.4 Å². The largest absolute Gasteiger partial charge is 0.454 e. The Morgan fingerprint density at radius 1 is 1.19 bits per heavy atom. The van der Waals surface area contributed by atoms with E-state index in [2.05, 4.69) is 5.32 Å². The third-order valence-electron chi connectivity index (χ3n) is 4.49. The van der Waals surface area contributed by atoms with Crippen LogP contribution in [0.5, 0.6) is 0 Å². The van der Waals surface area contributed by atoms with Crippen LogP contribution in [-0.2, 0) is 29.0 Å². The predicted molar refractivity (Wildman–Crippen MR) is 93.1 cm³/mol. The van der Waals surface area contributed by atoms with Crippen LogP contribution in [0.3, 0.4) is 0 Å². The number of carbonyl (C=O) groups is 3. The molecule has 2 heterocycles. The number of benzene rings is 1. The minimum absolute atomic E-state index is 0.0299. The monoisotopic (exact) mass is 380 g/mol. The van der Waals surface area contributed by atoms with E-state index in [4.69, 9.17) is 4.74 Å². The third-order valence-corrected chi connectivity index (χ3v) is 6.24. The number of carbonyl (C=O) groups excluding carboxylic acids is 3. The summed E-state index contributed by atoms with van der Waals surface area (Å²) < 4.78 is 28.7. The van der Waals surface area contributed by atoms with Crippen molar-refractivity contribution in [3.05, 3.63) is 30.3 Å². The van der Waals surface area contributed by atoms with Crippen molar-refractivity contribution in [1.29, 1.82) is 0 Å². The molecule has 2 saturated heterocycles. The van der Waals surface area contributed by atoms with Gasteiger partial charge in [-0.2, -0.15) is 0 Å². The first-order chi connectivity index (χ1) is 12.4. The van der Waals surface area contributed by atoms with Crippen molar-refractivity contribution >= 4 is 33.3 Å². The maximum Gasteiger partial charge on any atom is 0.329 e. The molecule has 8 nitrogen and oxygen atoms in total. The van der Waals surface area contributed by atoms with Gasteiger partial charge in [0.2, 0.25) is 5.91 Å². The van der Waals surface area contributed by atoms with Crippen LogP contribution in [-0.4, -0.2) is 56.4 Å². The van der Waals surface area contributed by atoms with Crippen molar-refractivity contribution in [1.82, 2.24) is 5.32 Å². The van der Waals surface area contributed by atoms with Crippen molar-refractivity contribution in [2.24, 2.45) is 0 Å². The summed E-state index contributed by atoms with van der Waals surface area (Å²) in [7, 11) is -3.18. The van der Waals surface area contributed by atoms with Gasteiger partial charge in [0.05, 0.1) is 17.5 Å². The number of sulfone groups is 1. The van der Waals surface area contributed by atoms with Gasteiger partial charge < -0.3 is 15.0 Å². The zero-order valence-electron chi connectivity index (χ0n) is 14.1. The molecule has 1 aromatic carbocycles. The lowest BCUT2D eigenvalue weighted by molar-refractivity contribution is -0.150. The van der Waals surface area contributed by atoms with E-state index in [1.54, 1.807) is 30.3 Å². The first kappa shape index (κ1) is 18.4. The maximum absolute atomic E-state index is 12.7. The van der Waals surface area contributed by atoms with E-state index in [0.29, 0.717) is 18.5 Å². The average Bonchev–Trinajstić information content (AvgIpc) is 3.19. The van der Waals surface area contributed by atoms with Crippen LogP contribution in [0.4, 0.5) is 5.69 Å². The molecule has 0 radical (unpaired) electrons. The second-order valence-corrected chi connectivity index (χ2v) is 8.65. The highest BCUT2D eigenvalue weighted by Crippen LogP contribution is 2.24. The molecular weight excluding hydrogens is 360 g/mol. The van der Waals surface area contributed by atoms with E-state index >= 15 is 0 Å². The number of ether oxygens (including phenoxy) is 1. The molecule has 2 aliphatic rings. The number of nitrogens with zero attached hydrogens (tertiary/aromatic N) is 1. The smallest absolute Gasteiger partial charge is 0.329 e. The number of nitrogens with one attached hydrogen (secondary N) is 1. The number of amides is 2. The summed E-state index contributed by atoms with van der Waals surface area (Å²) in [6, 6.07) is 7.50. The number of rotatable bonds is 5. The van der Waals surface area contributed by atoms with Crippen LogP contribution >= 0.6 is 0 Å². The molecule has 26 heavy (non-hydrogen) atoms. The third kappa shape index (κ3) is 4.21. The Morgan fingerprint density at radius 3 is 2.50 bits per heavy atom. The lowest BCUT2D eigenvalue weighted by Gasteiger charge is -2.28. The van der Waals surface area contributed by atoms with Gasteiger partial charge in [-0.3, -0.25) is 9.59 Å². The summed E-state index contributed by atoms with van der Waals surface area (Å²) in [6.45, 7) is -0.503. The molecule has 1 aromatic rings. The molecule has 0 aliphatic carbocycles. The minimum atomic E-state index is -3.18. The Balaban J connectivity index is 1.69. The SMILES string of the molecule is O=C1CC[C@H](C(=O)OCC(=O)N(c2ccccc2)[C@@H]2CCS(=O)(=O)C2)N1. The Labute approximate surface area is 151 Å². The van der Waals surface area contributed by atoms with Crippen molar-refractivity contribution in [3.63, 3.8) is 0 Å². The summed E-state index contributed by atoms with van der Waals surface area (Å²) in [5.41, 5.74) is 0.560. The molecule has 1 N–H and O–H groups in total. The summed E-state index contributed by atoms with van der Waals surface area (Å²) >= 11 is 0. The first-order valence-corrected chi connectivity index (χ1v) is 10.2. The average molecular weight is 380 g/mol. The van der Waals surface area contributed by atoms with Gasteiger partial charge in [-0.05, 0) is 25.0 Å². The zero-order valence-corrected chi connectivity index (χ0v) is 14.9. The van der Waals surface area contributed by atoms with Crippen LogP contribution in [0.2, 0.25) is 0 Å². The lowest BCUT2D eigenvalue weighted by Crippen LogP contribution is -2.44. The van der Waals surface area contributed by atoms with E-state index in [9.17, 15) is 22.8 Å². The highest BCUT2D eigenvalue weighted by atomic mass is 32.2. The topological polar surface area (TPSA) is 110 Å². The van der Waals surface area contributed by atoms with Gasteiger partial charge in [-0.25, -0.2) is 13.2 Å². The lowest BCUT2D eigenvalue weighted by atomic mass is 10.2. The van der Waals surface area contributed by atoms with Crippen LogP contribution in [0, 0.1) is 0 Å². The molecule has 0 aromatic heterocycles. The van der Waals surface area contributed by atoms with Gasteiger partial charge in [0, 0.05) is 12.1 Å².